The zero-order valence-electron chi connectivity index (χ0n) is 11.9. The summed E-state index contributed by atoms with van der Waals surface area (Å²) in [5.74, 6) is 0.602. The van der Waals surface area contributed by atoms with Gasteiger partial charge in [-0.1, -0.05) is 23.2 Å². The predicted octanol–water partition coefficient (Wildman–Crippen LogP) is 2.99. The number of aromatic nitrogens is 2. The number of amides is 1. The molecule has 22 heavy (non-hydrogen) atoms. The fourth-order valence-electron chi connectivity index (χ4n) is 2.53. The van der Waals surface area contributed by atoms with Crippen molar-refractivity contribution in [3.05, 3.63) is 52.0 Å². The Morgan fingerprint density at radius 1 is 1.41 bits per heavy atom. The molecule has 1 N–H and O–H groups in total. The van der Waals surface area contributed by atoms with E-state index in [2.05, 4.69) is 10.3 Å². The lowest BCUT2D eigenvalue weighted by molar-refractivity contribution is 0.0779. The lowest BCUT2D eigenvalue weighted by Gasteiger charge is -2.19. The predicted molar refractivity (Wildman–Crippen MR) is 84.2 cm³/mol. The Morgan fingerprint density at radius 3 is 2.91 bits per heavy atom. The van der Waals surface area contributed by atoms with Gasteiger partial charge in [-0.05, 0) is 24.6 Å². The molecule has 0 bridgehead atoms. The Morgan fingerprint density at radius 2 is 2.23 bits per heavy atom. The summed E-state index contributed by atoms with van der Waals surface area (Å²) in [5, 5.41) is 3.77. The lowest BCUT2D eigenvalue weighted by atomic mass is 10.1. The van der Waals surface area contributed by atoms with Crippen LogP contribution in [-0.4, -0.2) is 28.1 Å². The highest BCUT2D eigenvalue weighted by Gasteiger charge is 2.33. The van der Waals surface area contributed by atoms with Gasteiger partial charge in [0, 0.05) is 31.6 Å². The molecule has 1 aliphatic rings. The van der Waals surface area contributed by atoms with Crippen molar-refractivity contribution in [1.82, 2.24) is 14.9 Å². The molecule has 116 valence electrons. The maximum Gasteiger partial charge on any atom is 0.251 e. The molecule has 2 aromatic rings. The van der Waals surface area contributed by atoms with Gasteiger partial charge >= 0.3 is 0 Å². The van der Waals surface area contributed by atoms with Gasteiger partial charge in [-0.25, -0.2) is 4.98 Å². The first kappa shape index (κ1) is 15.3. The fraction of sp³-hybridized carbons (Fsp3) is 0.333. The largest absolute Gasteiger partial charge is 0.368 e. The van der Waals surface area contributed by atoms with Crippen molar-refractivity contribution in [3.8, 4) is 0 Å². The molecule has 3 rings (SSSR count). The molecule has 0 aliphatic carbocycles. The third kappa shape index (κ3) is 2.97. The highest BCUT2D eigenvalue weighted by atomic mass is 35.5. The van der Waals surface area contributed by atoms with Crippen LogP contribution in [0, 0.1) is 0 Å². The Balaban J connectivity index is 1.75. The van der Waals surface area contributed by atoms with Crippen molar-refractivity contribution in [2.24, 2.45) is 7.05 Å². The van der Waals surface area contributed by atoms with Crippen LogP contribution in [0.4, 0.5) is 0 Å². The highest BCUT2D eigenvalue weighted by molar-refractivity contribution is 6.42. The minimum absolute atomic E-state index is 0.122. The number of ether oxygens (including phenoxy) is 1. The van der Waals surface area contributed by atoms with Crippen LogP contribution in [0.15, 0.2) is 30.6 Å². The molecule has 1 fully saturated rings. The summed E-state index contributed by atoms with van der Waals surface area (Å²) >= 11 is 11.8. The number of carbonyl (C=O) groups excluding carboxylic acids is 1. The third-order valence-electron chi connectivity index (χ3n) is 3.70. The average molecular weight is 340 g/mol. The summed E-state index contributed by atoms with van der Waals surface area (Å²) in [5.41, 5.74) is 0.472. The van der Waals surface area contributed by atoms with Gasteiger partial charge in [-0.2, -0.15) is 0 Å². The van der Waals surface area contributed by atoms with Crippen LogP contribution in [0.1, 0.15) is 28.7 Å². The first-order valence-corrected chi connectivity index (χ1v) is 7.66. The van der Waals surface area contributed by atoms with E-state index in [1.165, 1.54) is 0 Å². The van der Waals surface area contributed by atoms with Gasteiger partial charge in [0.1, 0.15) is 11.9 Å². The van der Waals surface area contributed by atoms with E-state index in [9.17, 15) is 4.79 Å². The van der Waals surface area contributed by atoms with Crippen molar-refractivity contribution in [2.75, 3.05) is 6.61 Å². The van der Waals surface area contributed by atoms with E-state index in [0.29, 0.717) is 22.2 Å². The minimum Gasteiger partial charge on any atom is -0.368 e. The molecule has 1 saturated heterocycles. The maximum atomic E-state index is 12.4. The van der Waals surface area contributed by atoms with Gasteiger partial charge in [-0.3, -0.25) is 4.79 Å². The number of benzene rings is 1. The molecule has 0 unspecified atom stereocenters. The molecule has 1 aliphatic heterocycles. The van der Waals surface area contributed by atoms with Gasteiger partial charge in [0.25, 0.3) is 5.91 Å². The van der Waals surface area contributed by atoms with E-state index in [4.69, 9.17) is 27.9 Å². The number of aryl methyl sites for hydroxylation is 1. The molecule has 7 heteroatoms. The number of hydrogen-bond acceptors (Lipinski definition) is 3. The first-order valence-electron chi connectivity index (χ1n) is 6.91. The van der Waals surface area contributed by atoms with Gasteiger partial charge < -0.3 is 14.6 Å². The number of halogens is 2. The van der Waals surface area contributed by atoms with Crippen molar-refractivity contribution in [2.45, 2.75) is 18.6 Å². The van der Waals surface area contributed by atoms with Crippen molar-refractivity contribution in [3.63, 3.8) is 0 Å². The normalized spacial score (nSPS) is 21.0. The van der Waals surface area contributed by atoms with E-state index >= 15 is 0 Å². The SMILES string of the molecule is Cn1ccnc1[C@H]1OCC[C@@H]1NC(=O)c1ccc(Cl)c(Cl)c1. The standard InChI is InChI=1S/C15H15Cl2N3O2/c1-20-6-5-18-14(20)13-12(4-7-22-13)19-15(21)9-2-3-10(16)11(17)8-9/h2-3,5-6,8,12-13H,4,7H2,1H3,(H,19,21)/t12-,13-/m0/s1. The van der Waals surface area contributed by atoms with Crippen LogP contribution in [0.25, 0.3) is 0 Å². The van der Waals surface area contributed by atoms with E-state index in [1.54, 1.807) is 24.4 Å². The zero-order chi connectivity index (χ0) is 15.7. The van der Waals surface area contributed by atoms with Gasteiger partial charge in [0.15, 0.2) is 0 Å². The molecule has 0 radical (unpaired) electrons. The smallest absolute Gasteiger partial charge is 0.251 e. The second kappa shape index (κ2) is 6.28. The number of rotatable bonds is 3. The molecule has 0 saturated carbocycles. The van der Waals surface area contributed by atoms with E-state index in [1.807, 2.05) is 17.8 Å². The lowest BCUT2D eigenvalue weighted by Crippen LogP contribution is -2.37. The van der Waals surface area contributed by atoms with Crippen LogP contribution in [0.2, 0.25) is 10.0 Å². The summed E-state index contributed by atoms with van der Waals surface area (Å²) in [6.07, 6.45) is 4.07. The van der Waals surface area contributed by atoms with E-state index in [0.717, 1.165) is 12.2 Å². The number of hydrogen-bond donors (Lipinski definition) is 1. The Bertz CT molecular complexity index is 702. The fourth-order valence-corrected chi connectivity index (χ4v) is 2.83. The van der Waals surface area contributed by atoms with Gasteiger partial charge in [0.05, 0.1) is 16.1 Å². The van der Waals surface area contributed by atoms with Crippen LogP contribution in [0.3, 0.4) is 0 Å². The quantitative estimate of drug-likeness (QED) is 0.935. The molecule has 1 amide bonds. The van der Waals surface area contributed by atoms with Crippen LogP contribution < -0.4 is 5.32 Å². The maximum absolute atomic E-state index is 12.4. The van der Waals surface area contributed by atoms with Crippen LogP contribution in [-0.2, 0) is 11.8 Å². The van der Waals surface area contributed by atoms with E-state index < -0.39 is 0 Å². The summed E-state index contributed by atoms with van der Waals surface area (Å²) < 4.78 is 7.62. The molecule has 1 aromatic carbocycles. The Kier molecular flexibility index (Phi) is 4.38. The molecular weight excluding hydrogens is 325 g/mol. The monoisotopic (exact) mass is 339 g/mol. The summed E-state index contributed by atoms with van der Waals surface area (Å²) in [6, 6.07) is 4.70. The van der Waals surface area contributed by atoms with Gasteiger partial charge in [0.2, 0.25) is 0 Å². The first-order chi connectivity index (χ1) is 10.6. The topological polar surface area (TPSA) is 56.1 Å². The van der Waals surface area contributed by atoms with Crippen molar-refractivity contribution >= 4 is 29.1 Å². The van der Waals surface area contributed by atoms with Crippen LogP contribution >= 0.6 is 23.2 Å². The Hall–Kier alpha value is -1.56. The number of carbonyl (C=O) groups is 1. The second-order valence-electron chi connectivity index (χ2n) is 5.19. The molecule has 2 heterocycles. The molecule has 1 aromatic heterocycles. The molecule has 0 spiro atoms. The third-order valence-corrected chi connectivity index (χ3v) is 4.44. The van der Waals surface area contributed by atoms with Gasteiger partial charge in [-0.15, -0.1) is 0 Å². The average Bonchev–Trinajstić information content (AvgIpc) is 3.10. The number of nitrogens with zero attached hydrogens (tertiary/aromatic N) is 2. The molecular formula is C15H15Cl2N3O2. The summed E-state index contributed by atoms with van der Waals surface area (Å²) in [4.78, 5) is 16.7. The van der Waals surface area contributed by atoms with Crippen molar-refractivity contribution in [1.29, 1.82) is 0 Å². The summed E-state index contributed by atoms with van der Waals surface area (Å²) in [7, 11) is 1.90. The minimum atomic E-state index is -0.244. The Labute approximate surface area is 138 Å². The number of imidazole rings is 1. The molecule has 2 atom stereocenters. The summed E-state index contributed by atoms with van der Waals surface area (Å²) in [6.45, 7) is 0.587. The second-order valence-corrected chi connectivity index (χ2v) is 6.00. The number of nitrogens with one attached hydrogen (secondary N) is 1. The molecule has 5 nitrogen and oxygen atoms in total. The highest BCUT2D eigenvalue weighted by Crippen LogP contribution is 2.28. The van der Waals surface area contributed by atoms with Crippen molar-refractivity contribution < 1.29 is 9.53 Å². The van der Waals surface area contributed by atoms with E-state index in [-0.39, 0.29) is 18.1 Å². The van der Waals surface area contributed by atoms with Crippen LogP contribution in [0.5, 0.6) is 0 Å². The zero-order valence-corrected chi connectivity index (χ0v) is 13.4.